The molecule has 0 fully saturated rings. The summed E-state index contributed by atoms with van der Waals surface area (Å²) in [6.07, 6.45) is 2.85. The average Bonchev–Trinajstić information content (AvgIpc) is 2.39. The molecule has 1 heterocycles. The predicted octanol–water partition coefficient (Wildman–Crippen LogP) is 1.46. The first-order valence-electron chi connectivity index (χ1n) is 6.23. The lowest BCUT2D eigenvalue weighted by Crippen LogP contribution is -2.25. The summed E-state index contributed by atoms with van der Waals surface area (Å²) < 4.78 is 5.27. The Morgan fingerprint density at radius 1 is 1.42 bits per heavy atom. The molecule has 1 aromatic rings. The summed E-state index contributed by atoms with van der Waals surface area (Å²) in [5.74, 6) is -0.767. The third kappa shape index (κ3) is 5.37. The van der Waals surface area contributed by atoms with Crippen LogP contribution in [0.3, 0.4) is 0 Å². The highest BCUT2D eigenvalue weighted by molar-refractivity contribution is 5.96. The molecule has 1 amide bonds. The third-order valence-electron chi connectivity index (χ3n) is 2.40. The van der Waals surface area contributed by atoms with Gasteiger partial charge in [-0.2, -0.15) is 0 Å². The Labute approximate surface area is 111 Å². The second kappa shape index (κ2) is 8.07. The summed E-state index contributed by atoms with van der Waals surface area (Å²) in [4.78, 5) is 26.2. The Hall–Kier alpha value is -2.11. The fraction of sp³-hybridized carbons (Fsp3) is 0.462. The van der Waals surface area contributed by atoms with Crippen molar-refractivity contribution in [2.45, 2.75) is 26.2 Å². The van der Waals surface area contributed by atoms with Gasteiger partial charge in [-0.1, -0.05) is 0 Å². The highest BCUT2D eigenvalue weighted by Gasteiger charge is 2.12. The van der Waals surface area contributed by atoms with E-state index in [1.807, 2.05) is 6.92 Å². The quantitative estimate of drug-likeness (QED) is 0.695. The largest absolute Gasteiger partial charge is 0.481 e. The van der Waals surface area contributed by atoms with Gasteiger partial charge in [0.05, 0.1) is 6.61 Å². The van der Waals surface area contributed by atoms with E-state index in [0.29, 0.717) is 37.4 Å². The van der Waals surface area contributed by atoms with E-state index in [9.17, 15) is 9.59 Å². The van der Waals surface area contributed by atoms with Gasteiger partial charge in [-0.25, -0.2) is 4.98 Å². The Morgan fingerprint density at radius 2 is 2.21 bits per heavy atom. The van der Waals surface area contributed by atoms with E-state index in [0.717, 1.165) is 0 Å². The fourth-order valence-electron chi connectivity index (χ4n) is 1.51. The number of carbonyl (C=O) groups is 2. The van der Waals surface area contributed by atoms with Crippen molar-refractivity contribution in [2.75, 3.05) is 13.2 Å². The molecular formula is C13H18N2O4. The van der Waals surface area contributed by atoms with Gasteiger partial charge < -0.3 is 15.2 Å². The number of unbranched alkanes of at least 4 members (excludes halogenated alkanes) is 1. The van der Waals surface area contributed by atoms with Gasteiger partial charge in [-0.3, -0.25) is 9.59 Å². The van der Waals surface area contributed by atoms with Crippen molar-refractivity contribution in [3.63, 3.8) is 0 Å². The summed E-state index contributed by atoms with van der Waals surface area (Å²) in [7, 11) is 0. The highest BCUT2D eigenvalue weighted by atomic mass is 16.5. The second-order valence-electron chi connectivity index (χ2n) is 3.90. The zero-order chi connectivity index (χ0) is 14.1. The summed E-state index contributed by atoms with van der Waals surface area (Å²) in [6, 6.07) is 3.31. The van der Waals surface area contributed by atoms with Crippen molar-refractivity contribution in [3.8, 4) is 5.88 Å². The van der Waals surface area contributed by atoms with Crippen LogP contribution in [-0.4, -0.2) is 35.1 Å². The van der Waals surface area contributed by atoms with E-state index >= 15 is 0 Å². The molecule has 0 saturated carbocycles. The molecule has 0 radical (unpaired) electrons. The monoisotopic (exact) mass is 266 g/mol. The number of nitrogens with one attached hydrogen (secondary N) is 1. The van der Waals surface area contributed by atoms with E-state index < -0.39 is 5.97 Å². The molecule has 2 N–H and O–H groups in total. The number of nitrogens with zero attached hydrogens (tertiary/aromatic N) is 1. The van der Waals surface area contributed by atoms with E-state index in [-0.39, 0.29) is 12.3 Å². The van der Waals surface area contributed by atoms with Gasteiger partial charge in [0.1, 0.15) is 5.56 Å². The van der Waals surface area contributed by atoms with Crippen LogP contribution in [0.15, 0.2) is 18.3 Å². The first kappa shape index (κ1) is 14.9. The van der Waals surface area contributed by atoms with Crippen molar-refractivity contribution in [1.82, 2.24) is 10.3 Å². The summed E-state index contributed by atoms with van der Waals surface area (Å²) >= 11 is 0. The van der Waals surface area contributed by atoms with Crippen LogP contribution in [0.4, 0.5) is 0 Å². The molecule has 0 atom stereocenters. The molecule has 1 rings (SSSR count). The SMILES string of the molecule is CCOc1ncccc1C(=O)NCCCCC(=O)O. The molecule has 0 aromatic carbocycles. The lowest BCUT2D eigenvalue weighted by Gasteiger charge is -2.09. The lowest BCUT2D eigenvalue weighted by molar-refractivity contribution is -0.137. The summed E-state index contributed by atoms with van der Waals surface area (Å²) in [6.45, 7) is 2.70. The average molecular weight is 266 g/mol. The predicted molar refractivity (Wildman–Crippen MR) is 69.2 cm³/mol. The first-order chi connectivity index (χ1) is 9.15. The molecule has 0 saturated heterocycles. The lowest BCUT2D eigenvalue weighted by atomic mass is 10.2. The van der Waals surface area contributed by atoms with Gasteiger partial charge in [0.2, 0.25) is 5.88 Å². The Balaban J connectivity index is 2.43. The molecule has 104 valence electrons. The van der Waals surface area contributed by atoms with Crippen LogP contribution in [0.25, 0.3) is 0 Å². The third-order valence-corrected chi connectivity index (χ3v) is 2.40. The number of carbonyl (C=O) groups excluding carboxylic acids is 1. The number of carboxylic acids is 1. The van der Waals surface area contributed by atoms with Crippen molar-refractivity contribution >= 4 is 11.9 Å². The van der Waals surface area contributed by atoms with Crippen LogP contribution in [0.5, 0.6) is 5.88 Å². The van der Waals surface area contributed by atoms with Crippen LogP contribution < -0.4 is 10.1 Å². The van der Waals surface area contributed by atoms with E-state index in [4.69, 9.17) is 9.84 Å². The maximum absolute atomic E-state index is 11.9. The molecule has 6 heteroatoms. The standard InChI is InChI=1S/C13H18N2O4/c1-2-19-13-10(6-5-9-15-13)12(18)14-8-4-3-7-11(16)17/h5-6,9H,2-4,7-8H2,1H3,(H,14,18)(H,16,17). The van der Waals surface area contributed by atoms with Crippen molar-refractivity contribution in [2.24, 2.45) is 0 Å². The molecule has 0 unspecified atom stereocenters. The molecule has 6 nitrogen and oxygen atoms in total. The minimum atomic E-state index is -0.822. The topological polar surface area (TPSA) is 88.5 Å². The Morgan fingerprint density at radius 3 is 2.89 bits per heavy atom. The molecule has 0 aliphatic carbocycles. The Kier molecular flexibility index (Phi) is 6.35. The summed E-state index contributed by atoms with van der Waals surface area (Å²) in [5, 5.41) is 11.2. The van der Waals surface area contributed by atoms with Crippen molar-refractivity contribution in [1.29, 1.82) is 0 Å². The van der Waals surface area contributed by atoms with Gasteiger partial charge in [0.15, 0.2) is 0 Å². The number of ether oxygens (including phenoxy) is 1. The van der Waals surface area contributed by atoms with E-state index in [1.165, 1.54) is 0 Å². The number of rotatable bonds is 8. The molecular weight excluding hydrogens is 248 g/mol. The van der Waals surface area contributed by atoms with Gasteiger partial charge in [0.25, 0.3) is 5.91 Å². The number of hydrogen-bond acceptors (Lipinski definition) is 4. The maximum Gasteiger partial charge on any atom is 0.303 e. The van der Waals surface area contributed by atoms with Crippen LogP contribution in [0, 0.1) is 0 Å². The maximum atomic E-state index is 11.9. The molecule has 0 spiro atoms. The van der Waals surface area contributed by atoms with Crippen molar-refractivity contribution < 1.29 is 19.4 Å². The van der Waals surface area contributed by atoms with Crippen molar-refractivity contribution in [3.05, 3.63) is 23.9 Å². The van der Waals surface area contributed by atoms with Crippen LogP contribution in [0.2, 0.25) is 0 Å². The minimum Gasteiger partial charge on any atom is -0.481 e. The second-order valence-corrected chi connectivity index (χ2v) is 3.90. The molecule has 1 aromatic heterocycles. The normalized spacial score (nSPS) is 9.95. The number of carboxylic acid groups (broad SMARTS) is 1. The minimum absolute atomic E-state index is 0.118. The van der Waals surface area contributed by atoms with E-state index in [2.05, 4.69) is 10.3 Å². The summed E-state index contributed by atoms with van der Waals surface area (Å²) in [5.41, 5.74) is 0.391. The van der Waals surface area contributed by atoms with Gasteiger partial charge >= 0.3 is 5.97 Å². The van der Waals surface area contributed by atoms with Gasteiger partial charge in [-0.05, 0) is 31.9 Å². The zero-order valence-corrected chi connectivity index (χ0v) is 10.9. The smallest absolute Gasteiger partial charge is 0.303 e. The molecule has 0 aliphatic rings. The number of amides is 1. The zero-order valence-electron chi connectivity index (χ0n) is 10.9. The number of aromatic nitrogens is 1. The number of pyridine rings is 1. The van der Waals surface area contributed by atoms with Crippen LogP contribution in [0.1, 0.15) is 36.5 Å². The fourth-order valence-corrected chi connectivity index (χ4v) is 1.51. The Bertz CT molecular complexity index is 434. The van der Waals surface area contributed by atoms with Crippen LogP contribution in [-0.2, 0) is 4.79 Å². The first-order valence-corrected chi connectivity index (χ1v) is 6.23. The highest BCUT2D eigenvalue weighted by Crippen LogP contribution is 2.13. The number of hydrogen-bond donors (Lipinski definition) is 2. The van der Waals surface area contributed by atoms with Gasteiger partial charge in [0, 0.05) is 19.2 Å². The van der Waals surface area contributed by atoms with Crippen LogP contribution >= 0.6 is 0 Å². The molecule has 0 aliphatic heterocycles. The van der Waals surface area contributed by atoms with Gasteiger partial charge in [-0.15, -0.1) is 0 Å². The number of aliphatic carboxylic acids is 1. The molecule has 0 bridgehead atoms. The van der Waals surface area contributed by atoms with E-state index in [1.54, 1.807) is 18.3 Å². The molecule has 19 heavy (non-hydrogen) atoms.